The maximum atomic E-state index is 13.6. The van der Waals surface area contributed by atoms with E-state index in [0.29, 0.717) is 6.07 Å². The van der Waals surface area contributed by atoms with Crippen LogP contribution in [0.1, 0.15) is 33.7 Å². The van der Waals surface area contributed by atoms with Crippen LogP contribution in [-0.2, 0) is 24.6 Å². The van der Waals surface area contributed by atoms with E-state index in [4.69, 9.17) is 9.26 Å². The number of halogens is 4. The molecule has 0 spiro atoms. The van der Waals surface area contributed by atoms with Crippen LogP contribution < -0.4 is 10.6 Å². The Morgan fingerprint density at radius 2 is 1.87 bits per heavy atom. The molecule has 0 aliphatic carbocycles. The summed E-state index contributed by atoms with van der Waals surface area (Å²) < 4.78 is 63.9. The summed E-state index contributed by atoms with van der Waals surface area (Å²) in [6, 6.07) is 13.6. The Morgan fingerprint density at radius 3 is 2.55 bits per heavy atom. The molecule has 4 rings (SSSR count). The van der Waals surface area contributed by atoms with Crippen LogP contribution in [0.3, 0.4) is 0 Å². The molecule has 0 saturated carbocycles. The molecule has 2 N–H and O–H groups in total. The van der Waals surface area contributed by atoms with Gasteiger partial charge in [-0.1, -0.05) is 47.6 Å². The van der Waals surface area contributed by atoms with Gasteiger partial charge in [0.05, 0.1) is 6.54 Å². The van der Waals surface area contributed by atoms with Gasteiger partial charge in [-0.3, -0.25) is 9.48 Å². The Labute approximate surface area is 212 Å². The second kappa shape index (κ2) is 11.1. The summed E-state index contributed by atoms with van der Waals surface area (Å²) in [6.45, 7) is -0.350. The highest BCUT2D eigenvalue weighted by molar-refractivity contribution is 5.93. The summed E-state index contributed by atoms with van der Waals surface area (Å²) in [6.07, 6.45) is -5.59. The van der Waals surface area contributed by atoms with Crippen molar-refractivity contribution in [3.05, 3.63) is 89.3 Å². The van der Waals surface area contributed by atoms with Crippen molar-refractivity contribution in [1.82, 2.24) is 30.6 Å². The minimum atomic E-state index is -4.76. The number of aromatic nitrogens is 4. The van der Waals surface area contributed by atoms with Crippen LogP contribution >= 0.6 is 0 Å². The number of rotatable bonds is 8. The summed E-state index contributed by atoms with van der Waals surface area (Å²) in [5.41, 5.74) is -0.642. The van der Waals surface area contributed by atoms with Crippen LogP contribution in [-0.4, -0.2) is 38.5 Å². The first-order valence-corrected chi connectivity index (χ1v) is 11.1. The summed E-state index contributed by atoms with van der Waals surface area (Å²) >= 11 is 0. The van der Waals surface area contributed by atoms with E-state index in [2.05, 4.69) is 25.9 Å². The molecule has 10 nitrogen and oxygen atoms in total. The average molecular weight is 532 g/mol. The number of nitrogens with one attached hydrogen (secondary N) is 2. The smallest absolute Gasteiger partial charge is 0.435 e. The zero-order valence-electron chi connectivity index (χ0n) is 19.7. The summed E-state index contributed by atoms with van der Waals surface area (Å²) in [5, 5.41) is 12.0. The van der Waals surface area contributed by atoms with Crippen molar-refractivity contribution in [1.29, 1.82) is 0 Å². The second-order valence-corrected chi connectivity index (χ2v) is 7.97. The molecule has 2 aromatic heterocycles. The molecule has 0 bridgehead atoms. The Morgan fingerprint density at radius 1 is 1.11 bits per heavy atom. The number of amides is 2. The van der Waals surface area contributed by atoms with Crippen molar-refractivity contribution in [2.75, 3.05) is 6.54 Å². The molecule has 4 aromatic rings. The molecule has 0 radical (unpaired) electrons. The third-order valence-electron chi connectivity index (χ3n) is 5.19. The van der Waals surface area contributed by atoms with Crippen LogP contribution in [0.15, 0.2) is 65.2 Å². The van der Waals surface area contributed by atoms with Gasteiger partial charge >= 0.3 is 12.3 Å². The first-order chi connectivity index (χ1) is 18.1. The van der Waals surface area contributed by atoms with Crippen molar-refractivity contribution in [2.24, 2.45) is 7.05 Å². The first-order valence-electron chi connectivity index (χ1n) is 11.1. The van der Waals surface area contributed by atoms with Gasteiger partial charge in [0.15, 0.2) is 5.69 Å². The lowest BCUT2D eigenvalue weighted by molar-refractivity contribution is -0.141. The molecular weight excluding hydrogens is 512 g/mol. The molecule has 2 amide bonds. The molecule has 2 aromatic carbocycles. The summed E-state index contributed by atoms with van der Waals surface area (Å²) in [5.74, 6) is -1.70. The van der Waals surface area contributed by atoms with E-state index >= 15 is 0 Å². The van der Waals surface area contributed by atoms with Crippen LogP contribution in [0, 0.1) is 5.82 Å². The largest absolute Gasteiger partial charge is 0.445 e. The Hall–Kier alpha value is -4.75. The van der Waals surface area contributed by atoms with E-state index in [1.807, 2.05) is 0 Å². The highest BCUT2D eigenvalue weighted by Gasteiger charge is 2.36. The number of carbonyl (C=O) groups is 2. The number of alkyl halides is 3. The minimum Gasteiger partial charge on any atom is -0.445 e. The van der Waals surface area contributed by atoms with Crippen LogP contribution in [0.25, 0.3) is 11.4 Å². The monoisotopic (exact) mass is 532 g/mol. The predicted octanol–water partition coefficient (Wildman–Crippen LogP) is 4.03. The third kappa shape index (κ3) is 6.52. The number of ether oxygens (including phenoxy) is 1. The average Bonchev–Trinajstić information content (AvgIpc) is 3.53. The van der Waals surface area contributed by atoms with Crippen LogP contribution in [0.5, 0.6) is 0 Å². The molecule has 0 saturated heterocycles. The van der Waals surface area contributed by atoms with Crippen molar-refractivity contribution in [2.45, 2.75) is 18.8 Å². The third-order valence-corrected chi connectivity index (χ3v) is 5.19. The highest BCUT2D eigenvalue weighted by atomic mass is 19.4. The zero-order chi connectivity index (χ0) is 27.3. The number of hydrogen-bond donors (Lipinski definition) is 2. The molecule has 1 unspecified atom stereocenters. The van der Waals surface area contributed by atoms with Crippen LogP contribution in [0.4, 0.5) is 22.4 Å². The fourth-order valence-corrected chi connectivity index (χ4v) is 3.33. The number of hydrogen-bond acceptors (Lipinski definition) is 7. The SMILES string of the molecule is Cn1nc(C(F)(F)F)cc1C(=O)NC(CNC(=O)OCc1ccccc1)c1nc(-c2cccc(F)c2)no1. The normalized spacial score (nSPS) is 12.1. The van der Waals surface area contributed by atoms with E-state index in [1.165, 1.54) is 25.2 Å². The molecule has 0 aliphatic heterocycles. The topological polar surface area (TPSA) is 124 Å². The lowest BCUT2D eigenvalue weighted by Gasteiger charge is -2.16. The Kier molecular flexibility index (Phi) is 7.69. The minimum absolute atomic E-state index is 0.00899. The van der Waals surface area contributed by atoms with Crippen molar-refractivity contribution < 1.29 is 36.4 Å². The molecular formula is C24H20F4N6O4. The van der Waals surface area contributed by atoms with Gasteiger partial charge in [0, 0.05) is 18.7 Å². The molecule has 0 aliphatic rings. The van der Waals surface area contributed by atoms with E-state index in [9.17, 15) is 27.2 Å². The van der Waals surface area contributed by atoms with Crippen molar-refractivity contribution >= 4 is 12.0 Å². The van der Waals surface area contributed by atoms with E-state index in [-0.39, 0.29) is 30.4 Å². The van der Waals surface area contributed by atoms with E-state index in [0.717, 1.165) is 16.3 Å². The highest BCUT2D eigenvalue weighted by Crippen LogP contribution is 2.28. The maximum Gasteiger partial charge on any atom is 0.435 e. The molecule has 1 atom stereocenters. The van der Waals surface area contributed by atoms with E-state index in [1.54, 1.807) is 30.3 Å². The van der Waals surface area contributed by atoms with E-state index < -0.39 is 41.4 Å². The molecule has 2 heterocycles. The number of alkyl carbamates (subject to hydrolysis) is 1. The van der Waals surface area contributed by atoms with Crippen molar-refractivity contribution in [3.63, 3.8) is 0 Å². The zero-order valence-corrected chi connectivity index (χ0v) is 19.7. The lowest BCUT2D eigenvalue weighted by Crippen LogP contribution is -2.38. The molecule has 198 valence electrons. The van der Waals surface area contributed by atoms with Gasteiger partial charge in [-0.25, -0.2) is 9.18 Å². The van der Waals surface area contributed by atoms with Gasteiger partial charge in [0.1, 0.15) is 24.2 Å². The van der Waals surface area contributed by atoms with Gasteiger partial charge in [-0.05, 0) is 17.7 Å². The predicted molar refractivity (Wildman–Crippen MR) is 123 cm³/mol. The Bertz CT molecular complexity index is 1420. The van der Waals surface area contributed by atoms with Gasteiger partial charge < -0.3 is 19.9 Å². The number of carbonyl (C=O) groups excluding carboxylic acids is 2. The number of nitrogens with zero attached hydrogens (tertiary/aromatic N) is 4. The summed E-state index contributed by atoms with van der Waals surface area (Å²) in [7, 11) is 1.17. The first kappa shape index (κ1) is 26.3. The second-order valence-electron chi connectivity index (χ2n) is 7.97. The fourth-order valence-electron chi connectivity index (χ4n) is 3.33. The number of aryl methyl sites for hydroxylation is 1. The number of benzene rings is 2. The fraction of sp³-hybridized carbons (Fsp3) is 0.208. The quantitative estimate of drug-likeness (QED) is 0.329. The van der Waals surface area contributed by atoms with Gasteiger partial charge in [-0.15, -0.1) is 0 Å². The van der Waals surface area contributed by atoms with Gasteiger partial charge in [0.2, 0.25) is 5.82 Å². The maximum absolute atomic E-state index is 13.6. The van der Waals surface area contributed by atoms with Crippen molar-refractivity contribution in [3.8, 4) is 11.4 Å². The Balaban J connectivity index is 1.51. The molecule has 0 fully saturated rings. The van der Waals surface area contributed by atoms with Gasteiger partial charge in [-0.2, -0.15) is 23.3 Å². The van der Waals surface area contributed by atoms with Gasteiger partial charge in [0.25, 0.3) is 11.8 Å². The van der Waals surface area contributed by atoms with Crippen LogP contribution in [0.2, 0.25) is 0 Å². The molecule has 14 heteroatoms. The molecule has 38 heavy (non-hydrogen) atoms. The summed E-state index contributed by atoms with van der Waals surface area (Å²) in [4.78, 5) is 29.2. The lowest BCUT2D eigenvalue weighted by atomic mass is 10.2. The standard InChI is InChI=1S/C24H20F4N6O4/c1-34-18(11-19(32-34)24(26,27)28)21(35)30-17(12-29-23(36)37-13-14-6-3-2-4-7-14)22-31-20(33-38-22)15-8-5-9-16(25)10-15/h2-11,17H,12-13H2,1H3,(H,29,36)(H,30,35).